The molecule has 2 aliphatic rings. The lowest BCUT2D eigenvalue weighted by Crippen LogP contribution is -2.27. The Morgan fingerprint density at radius 3 is 1.61 bits per heavy atom. The fourth-order valence-corrected chi connectivity index (χ4v) is 12.6. The fourth-order valence-electron chi connectivity index (χ4n) is 12.6. The molecule has 0 saturated heterocycles. The SMILES string of the molecule is C=CC1=C(C=C)C2(C(/C=C\C)=C(C=C)c3ccccc32)c2ccc(-c3cccc(-c4ccc5oc6cccc(-c7nc(-c8ccc9c(c8)oc8ccccc89)nc(-c8cccc9oc%10ccccc%10c89)n7)c6c5c4)c3)cc21. The van der Waals surface area contributed by atoms with Crippen LogP contribution in [0.2, 0.25) is 0 Å². The predicted octanol–water partition coefficient (Wildman–Crippen LogP) is 18.9. The van der Waals surface area contributed by atoms with Crippen molar-refractivity contribution >= 4 is 77.0 Å². The van der Waals surface area contributed by atoms with E-state index in [4.69, 9.17) is 28.2 Å². The lowest BCUT2D eigenvalue weighted by atomic mass is 9.68. The summed E-state index contributed by atoms with van der Waals surface area (Å²) in [7, 11) is 0. The number of hydrogen-bond donors (Lipinski definition) is 0. The zero-order valence-corrected chi connectivity index (χ0v) is 42.0. The van der Waals surface area contributed by atoms with Crippen molar-refractivity contribution in [2.24, 2.45) is 0 Å². The summed E-state index contributed by atoms with van der Waals surface area (Å²) in [5, 5.41) is 5.89. The number of fused-ring (bicyclic) bond motifs is 13. The largest absolute Gasteiger partial charge is 0.456 e. The normalized spacial score (nSPS) is 15.1. The summed E-state index contributed by atoms with van der Waals surface area (Å²) in [6, 6.07) is 65.3. The molecular weight excluding hydrogens is 943 g/mol. The van der Waals surface area contributed by atoms with E-state index in [1.54, 1.807) is 0 Å². The van der Waals surface area contributed by atoms with Crippen molar-refractivity contribution in [3.8, 4) is 56.4 Å². The van der Waals surface area contributed by atoms with Gasteiger partial charge in [0.1, 0.15) is 33.5 Å². The number of benzene rings is 9. The van der Waals surface area contributed by atoms with Gasteiger partial charge in [0, 0.05) is 49.0 Å². The Morgan fingerprint density at radius 1 is 0.364 bits per heavy atom. The van der Waals surface area contributed by atoms with Crippen LogP contribution in [0.1, 0.15) is 29.2 Å². The minimum absolute atomic E-state index is 0.515. The summed E-state index contributed by atoms with van der Waals surface area (Å²) >= 11 is 0. The molecule has 0 aliphatic heterocycles. The van der Waals surface area contributed by atoms with Crippen LogP contribution in [0, 0.1) is 0 Å². The van der Waals surface area contributed by atoms with Gasteiger partial charge < -0.3 is 13.3 Å². The molecule has 1 spiro atoms. The van der Waals surface area contributed by atoms with E-state index in [0.29, 0.717) is 17.5 Å². The lowest BCUT2D eigenvalue weighted by molar-refractivity contribution is 0.668. The Labute approximate surface area is 443 Å². The quantitative estimate of drug-likeness (QED) is 0.143. The molecule has 1 atom stereocenters. The molecule has 4 heterocycles. The molecule has 6 heteroatoms. The maximum absolute atomic E-state index is 6.65. The number of allylic oxidation sites excluding steroid dienone is 9. The van der Waals surface area contributed by atoms with Crippen LogP contribution in [-0.4, -0.2) is 15.0 Å². The van der Waals surface area contributed by atoms with Gasteiger partial charge in [-0.05, 0) is 134 Å². The topological polar surface area (TPSA) is 78.1 Å². The molecule has 13 aromatic rings. The van der Waals surface area contributed by atoms with Crippen molar-refractivity contribution in [2.75, 3.05) is 0 Å². The second kappa shape index (κ2) is 16.9. The summed E-state index contributed by atoms with van der Waals surface area (Å²) in [6.45, 7) is 15.1. The van der Waals surface area contributed by atoms with Crippen LogP contribution in [0.5, 0.6) is 0 Å². The van der Waals surface area contributed by atoms with E-state index in [0.717, 1.165) is 127 Å². The van der Waals surface area contributed by atoms with Gasteiger partial charge in [-0.3, -0.25) is 0 Å². The Hall–Kier alpha value is -10.2. The molecular formula is C71H45N3O3. The highest BCUT2D eigenvalue weighted by Crippen LogP contribution is 2.62. The van der Waals surface area contributed by atoms with Crippen molar-refractivity contribution in [3.05, 3.63) is 272 Å². The van der Waals surface area contributed by atoms with Gasteiger partial charge >= 0.3 is 0 Å². The summed E-state index contributed by atoms with van der Waals surface area (Å²) in [6.07, 6.45) is 10.4. The van der Waals surface area contributed by atoms with E-state index in [1.165, 1.54) is 22.3 Å². The van der Waals surface area contributed by atoms with E-state index >= 15 is 0 Å². The maximum atomic E-state index is 6.65. The lowest BCUT2D eigenvalue weighted by Gasteiger charge is -2.32. The number of hydrogen-bond acceptors (Lipinski definition) is 6. The zero-order chi connectivity index (χ0) is 51.5. The Bertz CT molecular complexity index is 4840. The second-order valence-electron chi connectivity index (χ2n) is 19.8. The zero-order valence-electron chi connectivity index (χ0n) is 42.0. The van der Waals surface area contributed by atoms with Gasteiger partial charge in [-0.1, -0.05) is 178 Å². The van der Waals surface area contributed by atoms with Crippen molar-refractivity contribution in [1.29, 1.82) is 0 Å². The molecule has 6 nitrogen and oxygen atoms in total. The Balaban J connectivity index is 0.873. The third-order valence-corrected chi connectivity index (χ3v) is 15.9. The standard InChI is InChI=1S/C71H45N3O3/c1-5-18-57-46(6-2)48-21-9-12-26-58(48)71(57)56(8-4)47(7-3)54-38-43(32-35-59(54)71)41-19-15-20-42(37-41)44-33-36-62-55(39-44)67-53(25-17-30-64(67)76-62)70-73-68(45-31-34-50-49-22-10-13-27-60(49)77-65(50)40-45)72-69(74-70)52-24-16-29-63-66(52)51-23-11-14-28-61(51)75-63/h5-40H,2-4H2,1H3/b18-5-. The summed E-state index contributed by atoms with van der Waals surface area (Å²) < 4.78 is 19.4. The minimum atomic E-state index is -0.549. The average Bonchev–Trinajstić information content (AvgIpc) is 4.39. The Kier molecular flexibility index (Phi) is 9.75. The highest BCUT2D eigenvalue weighted by molar-refractivity contribution is 6.14. The first-order chi connectivity index (χ1) is 38.0. The first-order valence-electron chi connectivity index (χ1n) is 25.9. The predicted molar refractivity (Wildman–Crippen MR) is 315 cm³/mol. The molecule has 0 radical (unpaired) electrons. The van der Waals surface area contributed by atoms with Gasteiger partial charge in [0.15, 0.2) is 17.5 Å². The number of para-hydroxylation sites is 2. The molecule has 0 amide bonds. The van der Waals surface area contributed by atoms with Gasteiger partial charge in [-0.2, -0.15) is 0 Å². The fraction of sp³-hybridized carbons (Fsp3) is 0.0282. The van der Waals surface area contributed by atoms with Crippen LogP contribution in [0.25, 0.3) is 133 Å². The summed E-state index contributed by atoms with van der Waals surface area (Å²) in [5.41, 5.74) is 20.2. The molecule has 0 bridgehead atoms. The van der Waals surface area contributed by atoms with Crippen molar-refractivity contribution in [3.63, 3.8) is 0 Å². The van der Waals surface area contributed by atoms with Crippen LogP contribution in [0.15, 0.2) is 263 Å². The van der Waals surface area contributed by atoms with Crippen LogP contribution in [-0.2, 0) is 5.41 Å². The molecule has 0 fully saturated rings. The maximum Gasteiger partial charge on any atom is 0.164 e. The molecule has 1 unspecified atom stereocenters. The second-order valence-corrected chi connectivity index (χ2v) is 19.8. The summed E-state index contributed by atoms with van der Waals surface area (Å²) in [5.74, 6) is 1.56. The van der Waals surface area contributed by atoms with E-state index in [9.17, 15) is 0 Å². The monoisotopic (exact) mass is 987 g/mol. The molecule has 362 valence electrons. The molecule has 77 heavy (non-hydrogen) atoms. The van der Waals surface area contributed by atoms with E-state index in [2.05, 4.69) is 160 Å². The van der Waals surface area contributed by atoms with Gasteiger partial charge in [0.2, 0.25) is 0 Å². The van der Waals surface area contributed by atoms with Crippen molar-refractivity contribution in [1.82, 2.24) is 15.0 Å². The minimum Gasteiger partial charge on any atom is -0.456 e. The van der Waals surface area contributed by atoms with Crippen LogP contribution in [0.3, 0.4) is 0 Å². The van der Waals surface area contributed by atoms with Gasteiger partial charge in [0.05, 0.1) is 5.41 Å². The van der Waals surface area contributed by atoms with E-state index in [1.807, 2.05) is 85.0 Å². The van der Waals surface area contributed by atoms with Gasteiger partial charge in [-0.15, -0.1) is 0 Å². The third kappa shape index (κ3) is 6.39. The Morgan fingerprint density at radius 2 is 0.883 bits per heavy atom. The smallest absolute Gasteiger partial charge is 0.164 e. The van der Waals surface area contributed by atoms with Crippen LogP contribution >= 0.6 is 0 Å². The number of aromatic nitrogens is 3. The van der Waals surface area contributed by atoms with Gasteiger partial charge in [-0.25, -0.2) is 15.0 Å². The van der Waals surface area contributed by atoms with Crippen molar-refractivity contribution < 1.29 is 13.3 Å². The molecule has 15 rings (SSSR count). The van der Waals surface area contributed by atoms with E-state index in [-0.39, 0.29) is 0 Å². The van der Waals surface area contributed by atoms with E-state index < -0.39 is 5.41 Å². The van der Waals surface area contributed by atoms with Crippen LogP contribution < -0.4 is 0 Å². The number of nitrogens with zero attached hydrogens (tertiary/aromatic N) is 3. The molecule has 9 aromatic carbocycles. The number of rotatable bonds is 9. The summed E-state index contributed by atoms with van der Waals surface area (Å²) in [4.78, 5) is 15.9. The van der Waals surface area contributed by atoms with Gasteiger partial charge in [0.25, 0.3) is 0 Å². The third-order valence-electron chi connectivity index (χ3n) is 15.9. The molecule has 0 saturated carbocycles. The highest BCUT2D eigenvalue weighted by atomic mass is 16.3. The van der Waals surface area contributed by atoms with Crippen molar-refractivity contribution in [2.45, 2.75) is 12.3 Å². The van der Waals surface area contributed by atoms with Crippen LogP contribution in [0.4, 0.5) is 0 Å². The average molecular weight is 988 g/mol. The first-order valence-corrected chi connectivity index (χ1v) is 25.9. The first kappa shape index (κ1) is 44.3. The molecule has 0 N–H and O–H groups in total. The molecule has 2 aliphatic carbocycles. The molecule has 4 aromatic heterocycles. The highest BCUT2D eigenvalue weighted by Gasteiger charge is 2.52. The number of furan rings is 3.